The van der Waals surface area contributed by atoms with Crippen LogP contribution in [0.1, 0.15) is 11.1 Å². The van der Waals surface area contributed by atoms with Crippen LogP contribution in [0, 0.1) is 12.7 Å². The molecule has 0 aromatic heterocycles. The molecule has 0 unspecified atom stereocenters. The monoisotopic (exact) mass is 322 g/mol. The Kier molecular flexibility index (Phi) is 4.10. The highest BCUT2D eigenvalue weighted by Crippen LogP contribution is 2.26. The van der Waals surface area contributed by atoms with Gasteiger partial charge in [0.25, 0.3) is 0 Å². The van der Waals surface area contributed by atoms with Crippen molar-refractivity contribution in [3.05, 3.63) is 57.8 Å². The molecule has 19 heavy (non-hydrogen) atoms. The van der Waals surface area contributed by atoms with Gasteiger partial charge in [0, 0.05) is 18.1 Å². The lowest BCUT2D eigenvalue weighted by Crippen LogP contribution is -2.18. The fourth-order valence-corrected chi connectivity index (χ4v) is 2.41. The first-order valence-electron chi connectivity index (χ1n) is 5.98. The lowest BCUT2D eigenvalue weighted by atomic mass is 10.1. The van der Waals surface area contributed by atoms with Crippen LogP contribution in [0.15, 0.2) is 40.9 Å². The third kappa shape index (κ3) is 3.26. The van der Waals surface area contributed by atoms with Crippen molar-refractivity contribution < 1.29 is 4.39 Å². The highest BCUT2D eigenvalue weighted by atomic mass is 79.9. The molecule has 0 saturated carbocycles. The van der Waals surface area contributed by atoms with Crippen LogP contribution in [0.3, 0.4) is 0 Å². The molecule has 100 valence electrons. The van der Waals surface area contributed by atoms with E-state index in [2.05, 4.69) is 35.0 Å². The molecule has 0 heterocycles. The van der Waals surface area contributed by atoms with E-state index in [9.17, 15) is 4.39 Å². The lowest BCUT2D eigenvalue weighted by Gasteiger charge is -2.22. The van der Waals surface area contributed by atoms with Gasteiger partial charge in [-0.3, -0.25) is 0 Å². The van der Waals surface area contributed by atoms with Gasteiger partial charge in [0.05, 0.1) is 11.4 Å². The maximum absolute atomic E-state index is 13.3. The summed E-state index contributed by atoms with van der Waals surface area (Å²) in [6.07, 6.45) is 0. The molecule has 4 heteroatoms. The van der Waals surface area contributed by atoms with Crippen LogP contribution in [0.2, 0.25) is 0 Å². The molecule has 0 bridgehead atoms. The number of hydrogen-bond donors (Lipinski definition) is 1. The molecule has 0 saturated heterocycles. The summed E-state index contributed by atoms with van der Waals surface area (Å²) in [6, 6.07) is 10.6. The fraction of sp³-hybridized carbons (Fsp3) is 0.200. The van der Waals surface area contributed by atoms with Crippen LogP contribution in [0.25, 0.3) is 0 Å². The molecule has 0 fully saturated rings. The second kappa shape index (κ2) is 5.61. The van der Waals surface area contributed by atoms with Gasteiger partial charge in [-0.1, -0.05) is 22.0 Å². The van der Waals surface area contributed by atoms with Crippen molar-refractivity contribution in [2.75, 3.05) is 17.7 Å². The number of hydrogen-bond acceptors (Lipinski definition) is 2. The van der Waals surface area contributed by atoms with Gasteiger partial charge >= 0.3 is 0 Å². The van der Waals surface area contributed by atoms with E-state index in [0.717, 1.165) is 4.47 Å². The molecule has 0 atom stereocenters. The van der Waals surface area contributed by atoms with Crippen molar-refractivity contribution in [2.24, 2.45) is 0 Å². The summed E-state index contributed by atoms with van der Waals surface area (Å²) in [5.41, 5.74) is 9.56. The van der Waals surface area contributed by atoms with E-state index in [4.69, 9.17) is 5.73 Å². The van der Waals surface area contributed by atoms with Gasteiger partial charge in [-0.15, -0.1) is 0 Å². The van der Waals surface area contributed by atoms with Crippen LogP contribution in [-0.2, 0) is 6.54 Å². The van der Waals surface area contributed by atoms with Crippen molar-refractivity contribution in [3.8, 4) is 0 Å². The van der Waals surface area contributed by atoms with Gasteiger partial charge < -0.3 is 10.6 Å². The second-order valence-corrected chi connectivity index (χ2v) is 5.55. The largest absolute Gasteiger partial charge is 0.397 e. The van der Waals surface area contributed by atoms with Crippen LogP contribution in [0.5, 0.6) is 0 Å². The minimum atomic E-state index is -0.276. The van der Waals surface area contributed by atoms with Gasteiger partial charge in [0.1, 0.15) is 5.82 Å². The third-order valence-corrected chi connectivity index (χ3v) is 3.62. The molecule has 2 aromatic rings. The molecule has 0 radical (unpaired) electrons. The van der Waals surface area contributed by atoms with E-state index in [0.29, 0.717) is 17.9 Å². The standard InChI is InChI=1S/C15H16BrFN2/c1-10-3-4-12(16)7-11(10)9-19(2)15-8-13(17)5-6-14(15)18/h3-8H,9,18H2,1-2H3. The Morgan fingerprint density at radius 3 is 2.68 bits per heavy atom. The molecular weight excluding hydrogens is 307 g/mol. The zero-order valence-corrected chi connectivity index (χ0v) is 12.5. The summed E-state index contributed by atoms with van der Waals surface area (Å²) in [4.78, 5) is 1.95. The number of nitrogens with two attached hydrogens (primary N) is 1. The minimum absolute atomic E-state index is 0.276. The Balaban J connectivity index is 2.27. The summed E-state index contributed by atoms with van der Waals surface area (Å²) in [5.74, 6) is -0.276. The Morgan fingerprint density at radius 1 is 1.21 bits per heavy atom. The Bertz CT molecular complexity index is 599. The SMILES string of the molecule is Cc1ccc(Br)cc1CN(C)c1cc(F)ccc1N. The molecule has 0 amide bonds. The van der Waals surface area contributed by atoms with E-state index in [1.807, 2.05) is 18.0 Å². The van der Waals surface area contributed by atoms with Gasteiger partial charge in [-0.25, -0.2) is 4.39 Å². The highest BCUT2D eigenvalue weighted by Gasteiger charge is 2.09. The predicted octanol–water partition coefficient (Wildman–Crippen LogP) is 4.12. The molecular formula is C15H16BrFN2. The smallest absolute Gasteiger partial charge is 0.125 e. The summed E-state index contributed by atoms with van der Waals surface area (Å²) < 4.78 is 14.3. The average Bonchev–Trinajstić information content (AvgIpc) is 2.36. The first-order chi connectivity index (χ1) is 8.97. The van der Waals surface area contributed by atoms with Gasteiger partial charge in [0.15, 0.2) is 0 Å². The van der Waals surface area contributed by atoms with E-state index >= 15 is 0 Å². The predicted molar refractivity (Wildman–Crippen MR) is 81.8 cm³/mol. The number of aryl methyl sites for hydroxylation is 1. The maximum Gasteiger partial charge on any atom is 0.125 e. The lowest BCUT2D eigenvalue weighted by molar-refractivity contribution is 0.627. The molecule has 2 nitrogen and oxygen atoms in total. The highest BCUT2D eigenvalue weighted by molar-refractivity contribution is 9.10. The summed E-state index contributed by atoms with van der Waals surface area (Å²) in [6.45, 7) is 2.74. The number of nitrogens with zero attached hydrogens (tertiary/aromatic N) is 1. The van der Waals surface area contributed by atoms with Crippen LogP contribution in [0.4, 0.5) is 15.8 Å². The number of halogens is 2. The van der Waals surface area contributed by atoms with Crippen molar-refractivity contribution in [3.63, 3.8) is 0 Å². The van der Waals surface area contributed by atoms with Crippen molar-refractivity contribution in [1.82, 2.24) is 0 Å². The zero-order chi connectivity index (χ0) is 14.0. The summed E-state index contributed by atoms with van der Waals surface area (Å²) >= 11 is 3.47. The number of rotatable bonds is 3. The molecule has 2 N–H and O–H groups in total. The average molecular weight is 323 g/mol. The van der Waals surface area contributed by atoms with Gasteiger partial charge in [-0.05, 0) is 48.4 Å². The zero-order valence-electron chi connectivity index (χ0n) is 11.0. The molecule has 0 aliphatic heterocycles. The van der Waals surface area contributed by atoms with Crippen molar-refractivity contribution in [2.45, 2.75) is 13.5 Å². The summed E-state index contributed by atoms with van der Waals surface area (Å²) in [5, 5.41) is 0. The van der Waals surface area contributed by atoms with E-state index in [1.165, 1.54) is 23.3 Å². The molecule has 0 aliphatic carbocycles. The van der Waals surface area contributed by atoms with E-state index < -0.39 is 0 Å². The molecule has 2 aromatic carbocycles. The number of nitrogen functional groups attached to an aromatic ring is 1. The van der Waals surface area contributed by atoms with E-state index in [-0.39, 0.29) is 5.82 Å². The Hall–Kier alpha value is -1.55. The van der Waals surface area contributed by atoms with E-state index in [1.54, 1.807) is 6.07 Å². The number of anilines is 2. The van der Waals surface area contributed by atoms with Crippen LogP contribution < -0.4 is 10.6 Å². The second-order valence-electron chi connectivity index (χ2n) is 4.63. The van der Waals surface area contributed by atoms with Gasteiger partial charge in [-0.2, -0.15) is 0 Å². The van der Waals surface area contributed by atoms with Crippen molar-refractivity contribution >= 4 is 27.3 Å². The molecule has 2 rings (SSSR count). The fourth-order valence-electron chi connectivity index (χ4n) is 2.00. The quantitative estimate of drug-likeness (QED) is 0.861. The first-order valence-corrected chi connectivity index (χ1v) is 6.78. The van der Waals surface area contributed by atoms with Crippen molar-refractivity contribution in [1.29, 1.82) is 0 Å². The van der Waals surface area contributed by atoms with Crippen LogP contribution in [-0.4, -0.2) is 7.05 Å². The van der Waals surface area contributed by atoms with Crippen LogP contribution >= 0.6 is 15.9 Å². The minimum Gasteiger partial charge on any atom is -0.397 e. The molecule has 0 spiro atoms. The summed E-state index contributed by atoms with van der Waals surface area (Å²) in [7, 11) is 1.91. The topological polar surface area (TPSA) is 29.3 Å². The molecule has 0 aliphatic rings. The Morgan fingerprint density at radius 2 is 1.95 bits per heavy atom. The first kappa shape index (κ1) is 13.9. The van der Waals surface area contributed by atoms with Gasteiger partial charge in [0.2, 0.25) is 0 Å². The Labute approximate surface area is 121 Å². The number of benzene rings is 2. The maximum atomic E-state index is 13.3. The normalized spacial score (nSPS) is 10.5. The third-order valence-electron chi connectivity index (χ3n) is 3.12.